The maximum atomic E-state index is 11.6. The van der Waals surface area contributed by atoms with Crippen LogP contribution in [0.2, 0.25) is 0 Å². The van der Waals surface area contributed by atoms with E-state index in [1.54, 1.807) is 6.33 Å². The standard InChI is InChI=1S/C17H23N5O2/c1-11-17(12(2)24-21-11)15-8-14(19-10-20-15)7-13-3-5-22(6-4-13)16(23)9-18/h8,10,13H,3-7,9,18H2,1-2H3. The van der Waals surface area contributed by atoms with Crippen LogP contribution in [-0.2, 0) is 11.2 Å². The zero-order valence-corrected chi connectivity index (χ0v) is 14.2. The predicted octanol–water partition coefficient (Wildman–Crippen LogP) is 1.49. The molecule has 7 heteroatoms. The average molecular weight is 329 g/mol. The van der Waals surface area contributed by atoms with Crippen molar-refractivity contribution >= 4 is 5.91 Å². The van der Waals surface area contributed by atoms with Crippen LogP contribution < -0.4 is 5.73 Å². The predicted molar refractivity (Wildman–Crippen MR) is 89.1 cm³/mol. The molecule has 2 aromatic heterocycles. The van der Waals surface area contributed by atoms with Gasteiger partial charge in [-0.15, -0.1) is 0 Å². The molecule has 2 aromatic rings. The molecule has 24 heavy (non-hydrogen) atoms. The Morgan fingerprint density at radius 3 is 2.71 bits per heavy atom. The highest BCUT2D eigenvalue weighted by atomic mass is 16.5. The molecule has 1 amide bonds. The Morgan fingerprint density at radius 1 is 1.33 bits per heavy atom. The van der Waals surface area contributed by atoms with Gasteiger partial charge in [0, 0.05) is 18.8 Å². The second-order valence-electron chi connectivity index (χ2n) is 6.33. The van der Waals surface area contributed by atoms with Gasteiger partial charge in [0.1, 0.15) is 12.1 Å². The van der Waals surface area contributed by atoms with Crippen molar-refractivity contribution in [1.82, 2.24) is 20.0 Å². The van der Waals surface area contributed by atoms with Crippen LogP contribution in [0, 0.1) is 19.8 Å². The molecule has 0 radical (unpaired) electrons. The Labute approximate surface area is 141 Å². The third-order valence-corrected chi connectivity index (χ3v) is 4.65. The zero-order chi connectivity index (χ0) is 17.1. The number of carbonyl (C=O) groups excluding carboxylic acids is 1. The van der Waals surface area contributed by atoms with Crippen molar-refractivity contribution in [2.45, 2.75) is 33.1 Å². The monoisotopic (exact) mass is 329 g/mol. The van der Waals surface area contributed by atoms with Gasteiger partial charge in [-0.1, -0.05) is 5.16 Å². The van der Waals surface area contributed by atoms with E-state index in [2.05, 4.69) is 15.1 Å². The average Bonchev–Trinajstić information content (AvgIpc) is 2.94. The summed E-state index contributed by atoms with van der Waals surface area (Å²) < 4.78 is 5.23. The maximum absolute atomic E-state index is 11.6. The van der Waals surface area contributed by atoms with Crippen LogP contribution in [0.15, 0.2) is 16.9 Å². The van der Waals surface area contributed by atoms with Crippen molar-refractivity contribution in [3.05, 3.63) is 29.5 Å². The summed E-state index contributed by atoms with van der Waals surface area (Å²) in [6.45, 7) is 5.46. The second kappa shape index (κ2) is 7.09. The van der Waals surface area contributed by atoms with Crippen LogP contribution in [-0.4, -0.2) is 45.6 Å². The first-order valence-electron chi connectivity index (χ1n) is 8.30. The summed E-state index contributed by atoms with van der Waals surface area (Å²) in [4.78, 5) is 22.3. The SMILES string of the molecule is Cc1noc(C)c1-c1cc(CC2CCN(C(=O)CN)CC2)ncn1. The van der Waals surface area contributed by atoms with E-state index in [-0.39, 0.29) is 12.5 Å². The largest absolute Gasteiger partial charge is 0.361 e. The van der Waals surface area contributed by atoms with Crippen LogP contribution >= 0.6 is 0 Å². The van der Waals surface area contributed by atoms with Gasteiger partial charge in [-0.2, -0.15) is 0 Å². The molecule has 1 aliphatic heterocycles. The Kier molecular flexibility index (Phi) is 4.89. The number of aromatic nitrogens is 3. The first-order chi connectivity index (χ1) is 11.6. The van der Waals surface area contributed by atoms with E-state index in [0.29, 0.717) is 5.92 Å². The fourth-order valence-corrected chi connectivity index (χ4v) is 3.31. The number of hydrogen-bond donors (Lipinski definition) is 1. The summed E-state index contributed by atoms with van der Waals surface area (Å²) in [5.74, 6) is 1.33. The molecule has 0 aliphatic carbocycles. The Bertz CT molecular complexity index is 700. The summed E-state index contributed by atoms with van der Waals surface area (Å²) in [5.41, 5.74) is 9.08. The second-order valence-corrected chi connectivity index (χ2v) is 6.33. The highest BCUT2D eigenvalue weighted by Crippen LogP contribution is 2.26. The number of hydrogen-bond acceptors (Lipinski definition) is 6. The van der Waals surface area contributed by atoms with Crippen LogP contribution in [0.25, 0.3) is 11.3 Å². The van der Waals surface area contributed by atoms with Gasteiger partial charge in [0.25, 0.3) is 0 Å². The molecule has 0 unspecified atom stereocenters. The lowest BCUT2D eigenvalue weighted by Gasteiger charge is -2.31. The molecule has 2 N–H and O–H groups in total. The minimum atomic E-state index is 0.0381. The normalized spacial score (nSPS) is 15.7. The molecule has 0 saturated carbocycles. The van der Waals surface area contributed by atoms with Crippen molar-refractivity contribution in [2.24, 2.45) is 11.7 Å². The molecule has 7 nitrogen and oxygen atoms in total. The van der Waals surface area contributed by atoms with E-state index < -0.39 is 0 Å². The number of nitrogens with two attached hydrogens (primary N) is 1. The van der Waals surface area contributed by atoms with Crippen molar-refractivity contribution < 1.29 is 9.32 Å². The molecule has 128 valence electrons. The minimum absolute atomic E-state index is 0.0381. The lowest BCUT2D eigenvalue weighted by molar-refractivity contribution is -0.131. The number of piperidine rings is 1. The van der Waals surface area contributed by atoms with E-state index in [0.717, 1.165) is 60.8 Å². The van der Waals surface area contributed by atoms with Crippen LogP contribution in [0.1, 0.15) is 30.0 Å². The third kappa shape index (κ3) is 3.46. The molecular formula is C17H23N5O2. The Hall–Kier alpha value is -2.28. The van der Waals surface area contributed by atoms with Gasteiger partial charge < -0.3 is 15.2 Å². The van der Waals surface area contributed by atoms with Gasteiger partial charge in [0.05, 0.1) is 23.5 Å². The van der Waals surface area contributed by atoms with Gasteiger partial charge in [-0.25, -0.2) is 9.97 Å². The van der Waals surface area contributed by atoms with Crippen molar-refractivity contribution in [3.63, 3.8) is 0 Å². The molecule has 0 bridgehead atoms. The van der Waals surface area contributed by atoms with Gasteiger partial charge in [0.15, 0.2) is 0 Å². The highest BCUT2D eigenvalue weighted by molar-refractivity contribution is 5.78. The maximum Gasteiger partial charge on any atom is 0.236 e. The summed E-state index contributed by atoms with van der Waals surface area (Å²) in [6, 6.07) is 2.02. The van der Waals surface area contributed by atoms with Crippen molar-refractivity contribution in [2.75, 3.05) is 19.6 Å². The summed E-state index contributed by atoms with van der Waals surface area (Å²) in [7, 11) is 0. The van der Waals surface area contributed by atoms with Gasteiger partial charge in [-0.05, 0) is 45.1 Å². The molecule has 3 heterocycles. The third-order valence-electron chi connectivity index (χ3n) is 4.65. The summed E-state index contributed by atoms with van der Waals surface area (Å²) >= 11 is 0. The van der Waals surface area contributed by atoms with Gasteiger partial charge >= 0.3 is 0 Å². The molecule has 3 rings (SSSR count). The summed E-state index contributed by atoms with van der Waals surface area (Å²) in [6.07, 6.45) is 4.46. The van der Waals surface area contributed by atoms with Crippen LogP contribution in [0.5, 0.6) is 0 Å². The molecule has 1 fully saturated rings. The number of nitrogens with zero attached hydrogens (tertiary/aromatic N) is 4. The first-order valence-corrected chi connectivity index (χ1v) is 8.30. The van der Waals surface area contributed by atoms with Crippen LogP contribution in [0.3, 0.4) is 0 Å². The van der Waals surface area contributed by atoms with Gasteiger partial charge in [-0.3, -0.25) is 4.79 Å². The summed E-state index contributed by atoms with van der Waals surface area (Å²) in [5, 5.41) is 3.99. The molecule has 1 aliphatic rings. The highest BCUT2D eigenvalue weighted by Gasteiger charge is 2.23. The van der Waals surface area contributed by atoms with E-state index in [9.17, 15) is 4.79 Å². The molecule has 1 saturated heterocycles. The number of aryl methyl sites for hydroxylation is 2. The lowest BCUT2D eigenvalue weighted by atomic mass is 9.91. The van der Waals surface area contributed by atoms with Crippen molar-refractivity contribution in [1.29, 1.82) is 0 Å². The molecular weight excluding hydrogens is 306 g/mol. The Balaban J connectivity index is 1.67. The fourth-order valence-electron chi connectivity index (χ4n) is 3.31. The quantitative estimate of drug-likeness (QED) is 0.912. The molecule has 0 aromatic carbocycles. The van der Waals surface area contributed by atoms with Crippen LogP contribution in [0.4, 0.5) is 0 Å². The zero-order valence-electron chi connectivity index (χ0n) is 14.2. The van der Waals surface area contributed by atoms with E-state index in [4.69, 9.17) is 10.3 Å². The number of rotatable bonds is 4. The van der Waals surface area contributed by atoms with E-state index in [1.807, 2.05) is 24.8 Å². The van der Waals surface area contributed by atoms with E-state index in [1.165, 1.54) is 0 Å². The molecule has 0 spiro atoms. The Morgan fingerprint density at radius 2 is 2.08 bits per heavy atom. The minimum Gasteiger partial charge on any atom is -0.361 e. The van der Waals surface area contributed by atoms with Gasteiger partial charge in [0.2, 0.25) is 5.91 Å². The first kappa shape index (κ1) is 16.6. The topological polar surface area (TPSA) is 98.1 Å². The number of amides is 1. The lowest BCUT2D eigenvalue weighted by Crippen LogP contribution is -2.42. The fraction of sp³-hybridized carbons (Fsp3) is 0.529. The van der Waals surface area contributed by atoms with Crippen molar-refractivity contribution in [3.8, 4) is 11.3 Å². The van der Waals surface area contributed by atoms with E-state index >= 15 is 0 Å². The number of likely N-dealkylation sites (tertiary alicyclic amines) is 1. The number of carbonyl (C=O) groups is 1. The smallest absolute Gasteiger partial charge is 0.236 e. The molecule has 0 atom stereocenters.